The van der Waals surface area contributed by atoms with E-state index in [1.165, 1.54) is 0 Å². The second kappa shape index (κ2) is 4.77. The van der Waals surface area contributed by atoms with Crippen molar-refractivity contribution in [2.45, 2.75) is 12.8 Å². The maximum absolute atomic E-state index is 11.6. The molecule has 0 unspecified atom stereocenters. The Morgan fingerprint density at radius 1 is 1.40 bits per heavy atom. The van der Waals surface area contributed by atoms with Crippen molar-refractivity contribution in [2.24, 2.45) is 5.92 Å². The Morgan fingerprint density at radius 2 is 2.20 bits per heavy atom. The van der Waals surface area contributed by atoms with Gasteiger partial charge < -0.3 is 4.74 Å². The van der Waals surface area contributed by atoms with Gasteiger partial charge in [0.15, 0.2) is 0 Å². The van der Waals surface area contributed by atoms with Crippen LogP contribution in [0, 0.1) is 5.92 Å². The normalized spacial score (nSPS) is 21.7. The molecule has 0 saturated carbocycles. The van der Waals surface area contributed by atoms with Gasteiger partial charge in [0.2, 0.25) is 0 Å². The molecule has 0 aromatic heterocycles. The number of ketones is 1. The summed E-state index contributed by atoms with van der Waals surface area (Å²) in [5.74, 6) is 0.278. The lowest BCUT2D eigenvalue weighted by Gasteiger charge is -2.21. The van der Waals surface area contributed by atoms with Crippen LogP contribution in [-0.4, -0.2) is 19.0 Å². The lowest BCUT2D eigenvalue weighted by atomic mass is 9.93. The highest BCUT2D eigenvalue weighted by molar-refractivity contribution is 6.31. The number of carbonyl (C=O) groups excluding carboxylic acids is 1. The molecular formula is C12H13ClO2. The number of halogens is 1. The van der Waals surface area contributed by atoms with Crippen LogP contribution in [0.2, 0.25) is 5.02 Å². The Balaban J connectivity index is 2.08. The van der Waals surface area contributed by atoms with Gasteiger partial charge in [-0.25, -0.2) is 0 Å². The first-order valence-electron chi connectivity index (χ1n) is 5.11. The second-order valence-electron chi connectivity index (χ2n) is 3.78. The van der Waals surface area contributed by atoms with Crippen molar-refractivity contribution in [1.82, 2.24) is 0 Å². The molecule has 1 aromatic carbocycles. The molecule has 1 aliphatic heterocycles. The van der Waals surface area contributed by atoms with Gasteiger partial charge in [-0.15, -0.1) is 0 Å². The number of hydrogen-bond acceptors (Lipinski definition) is 2. The molecule has 0 aliphatic carbocycles. The Hall–Kier alpha value is -0.860. The molecule has 0 radical (unpaired) electrons. The summed E-state index contributed by atoms with van der Waals surface area (Å²) < 4.78 is 5.30. The van der Waals surface area contributed by atoms with Crippen LogP contribution >= 0.6 is 11.6 Å². The zero-order chi connectivity index (χ0) is 10.7. The smallest absolute Gasteiger partial charge is 0.140 e. The van der Waals surface area contributed by atoms with E-state index in [4.69, 9.17) is 16.3 Å². The van der Waals surface area contributed by atoms with Crippen LogP contribution in [0.5, 0.6) is 0 Å². The van der Waals surface area contributed by atoms with E-state index >= 15 is 0 Å². The summed E-state index contributed by atoms with van der Waals surface area (Å²) in [6, 6.07) is 7.65. The molecule has 1 aliphatic rings. The third-order valence-corrected chi connectivity index (χ3v) is 3.06. The van der Waals surface area contributed by atoms with Crippen LogP contribution in [0.25, 0.3) is 0 Å². The van der Waals surface area contributed by atoms with Gasteiger partial charge in [0.05, 0.1) is 13.2 Å². The zero-order valence-corrected chi connectivity index (χ0v) is 9.17. The minimum atomic E-state index is -0.0151. The maximum atomic E-state index is 11.6. The SMILES string of the molecule is O=C1CCOC[C@@H]1Cc1ccccc1Cl. The summed E-state index contributed by atoms with van der Waals surface area (Å²) in [6.45, 7) is 1.10. The highest BCUT2D eigenvalue weighted by atomic mass is 35.5. The van der Waals surface area contributed by atoms with E-state index < -0.39 is 0 Å². The number of benzene rings is 1. The molecule has 2 nitrogen and oxygen atoms in total. The number of rotatable bonds is 2. The molecule has 2 rings (SSSR count). The average molecular weight is 225 g/mol. The first-order chi connectivity index (χ1) is 7.27. The Kier molecular flexibility index (Phi) is 3.39. The van der Waals surface area contributed by atoms with E-state index in [2.05, 4.69) is 0 Å². The van der Waals surface area contributed by atoms with Crippen molar-refractivity contribution in [3.63, 3.8) is 0 Å². The Morgan fingerprint density at radius 3 is 2.93 bits per heavy atom. The fraction of sp³-hybridized carbons (Fsp3) is 0.417. The molecular weight excluding hydrogens is 212 g/mol. The summed E-state index contributed by atoms with van der Waals surface area (Å²) in [5.41, 5.74) is 1.03. The van der Waals surface area contributed by atoms with Crippen molar-refractivity contribution in [1.29, 1.82) is 0 Å². The molecule has 0 spiro atoms. The molecule has 1 heterocycles. The van der Waals surface area contributed by atoms with Gasteiger partial charge in [0.1, 0.15) is 5.78 Å². The van der Waals surface area contributed by atoms with Crippen LogP contribution < -0.4 is 0 Å². The van der Waals surface area contributed by atoms with E-state index in [0.717, 1.165) is 10.6 Å². The zero-order valence-electron chi connectivity index (χ0n) is 8.41. The van der Waals surface area contributed by atoms with E-state index in [9.17, 15) is 4.79 Å². The van der Waals surface area contributed by atoms with Crippen molar-refractivity contribution < 1.29 is 9.53 Å². The monoisotopic (exact) mass is 224 g/mol. The third-order valence-electron chi connectivity index (χ3n) is 2.69. The Labute approximate surface area is 94.2 Å². The fourth-order valence-electron chi connectivity index (χ4n) is 1.80. The van der Waals surface area contributed by atoms with Crippen LogP contribution in [0.4, 0.5) is 0 Å². The Bertz CT molecular complexity index is 362. The summed E-state index contributed by atoms with van der Waals surface area (Å²) in [7, 11) is 0. The van der Waals surface area contributed by atoms with Crippen LogP contribution in [0.15, 0.2) is 24.3 Å². The molecule has 1 aromatic rings. The highest BCUT2D eigenvalue weighted by Gasteiger charge is 2.23. The predicted molar refractivity (Wildman–Crippen MR) is 59.1 cm³/mol. The van der Waals surface area contributed by atoms with Gasteiger partial charge in [-0.05, 0) is 18.1 Å². The van der Waals surface area contributed by atoms with Crippen LogP contribution in [0.3, 0.4) is 0 Å². The standard InChI is InChI=1S/C12H13ClO2/c13-11-4-2-1-3-9(11)7-10-8-15-6-5-12(10)14/h1-4,10H,5-8H2/t10-/m0/s1. The minimum absolute atomic E-state index is 0.0151. The van der Waals surface area contributed by atoms with E-state index in [-0.39, 0.29) is 5.92 Å². The molecule has 0 bridgehead atoms. The van der Waals surface area contributed by atoms with Gasteiger partial charge >= 0.3 is 0 Å². The first kappa shape index (κ1) is 10.7. The van der Waals surface area contributed by atoms with E-state index in [1.54, 1.807) is 0 Å². The quantitative estimate of drug-likeness (QED) is 0.772. The van der Waals surface area contributed by atoms with E-state index in [0.29, 0.717) is 31.8 Å². The number of ether oxygens (including phenoxy) is 1. The molecule has 3 heteroatoms. The maximum Gasteiger partial charge on any atom is 0.140 e. The van der Waals surface area contributed by atoms with Crippen molar-refractivity contribution >= 4 is 17.4 Å². The average Bonchev–Trinajstić information content (AvgIpc) is 2.24. The third kappa shape index (κ3) is 2.58. The summed E-state index contributed by atoms with van der Waals surface area (Å²) >= 11 is 6.04. The van der Waals surface area contributed by atoms with Gasteiger partial charge in [0, 0.05) is 17.4 Å². The number of carbonyl (C=O) groups is 1. The lowest BCUT2D eigenvalue weighted by Crippen LogP contribution is -2.29. The molecule has 1 fully saturated rings. The second-order valence-corrected chi connectivity index (χ2v) is 4.19. The highest BCUT2D eigenvalue weighted by Crippen LogP contribution is 2.21. The summed E-state index contributed by atoms with van der Waals surface area (Å²) in [4.78, 5) is 11.6. The van der Waals surface area contributed by atoms with Gasteiger partial charge in [-0.2, -0.15) is 0 Å². The predicted octanol–water partition coefficient (Wildman–Crippen LogP) is 2.49. The lowest BCUT2D eigenvalue weighted by molar-refractivity contribution is -0.130. The van der Waals surface area contributed by atoms with Crippen molar-refractivity contribution in [2.75, 3.05) is 13.2 Å². The molecule has 1 saturated heterocycles. The number of Topliss-reactive ketones (excluding diaryl/α,β-unsaturated/α-hetero) is 1. The van der Waals surface area contributed by atoms with Crippen molar-refractivity contribution in [3.8, 4) is 0 Å². The van der Waals surface area contributed by atoms with Crippen LogP contribution in [0.1, 0.15) is 12.0 Å². The number of hydrogen-bond donors (Lipinski definition) is 0. The first-order valence-corrected chi connectivity index (χ1v) is 5.49. The van der Waals surface area contributed by atoms with Gasteiger partial charge in [-0.1, -0.05) is 29.8 Å². The topological polar surface area (TPSA) is 26.3 Å². The summed E-state index contributed by atoms with van der Waals surface area (Å²) in [6.07, 6.45) is 1.23. The van der Waals surface area contributed by atoms with Gasteiger partial charge in [0.25, 0.3) is 0 Å². The fourth-order valence-corrected chi connectivity index (χ4v) is 2.01. The largest absolute Gasteiger partial charge is 0.380 e. The van der Waals surface area contributed by atoms with Crippen LogP contribution in [-0.2, 0) is 16.0 Å². The van der Waals surface area contributed by atoms with E-state index in [1.807, 2.05) is 24.3 Å². The van der Waals surface area contributed by atoms with Gasteiger partial charge in [-0.3, -0.25) is 4.79 Å². The summed E-state index contributed by atoms with van der Waals surface area (Å²) in [5, 5.41) is 0.732. The molecule has 0 N–H and O–H groups in total. The molecule has 0 amide bonds. The van der Waals surface area contributed by atoms with Crippen molar-refractivity contribution in [3.05, 3.63) is 34.9 Å². The molecule has 15 heavy (non-hydrogen) atoms. The molecule has 1 atom stereocenters. The minimum Gasteiger partial charge on any atom is -0.380 e. The molecule has 80 valence electrons.